The molecule has 0 aromatic carbocycles. The number of amides is 1. The topological polar surface area (TPSA) is 78.9 Å². The maximum absolute atomic E-state index is 11.1. The van der Waals surface area contributed by atoms with Crippen LogP contribution in [0.3, 0.4) is 0 Å². The van der Waals surface area contributed by atoms with Crippen molar-refractivity contribution in [3.05, 3.63) is 0 Å². The Morgan fingerprint density at radius 2 is 2.06 bits per heavy atom. The molecule has 0 radical (unpaired) electrons. The standard InChI is InChI=1S/C12H22N2O4/c1-2-18-11(15)4-3-7-14-8-5-10(6-9-14)13-12(16)17/h10,13H,2-9H2,1H3,(H,16,17). The van der Waals surface area contributed by atoms with Gasteiger partial charge in [0, 0.05) is 25.6 Å². The van der Waals surface area contributed by atoms with Crippen LogP contribution in [0.25, 0.3) is 0 Å². The average Bonchev–Trinajstić information content (AvgIpc) is 2.31. The molecular formula is C12H22N2O4. The molecule has 1 rings (SSSR count). The third-order valence-corrected chi connectivity index (χ3v) is 3.08. The normalized spacial score (nSPS) is 17.4. The Bertz CT molecular complexity index is 275. The van der Waals surface area contributed by atoms with Crippen LogP contribution in [0.15, 0.2) is 0 Å². The second-order valence-corrected chi connectivity index (χ2v) is 4.47. The summed E-state index contributed by atoms with van der Waals surface area (Å²) >= 11 is 0. The Morgan fingerprint density at radius 1 is 1.39 bits per heavy atom. The summed E-state index contributed by atoms with van der Waals surface area (Å²) in [5.41, 5.74) is 0. The maximum Gasteiger partial charge on any atom is 0.404 e. The highest BCUT2D eigenvalue weighted by Gasteiger charge is 2.20. The summed E-state index contributed by atoms with van der Waals surface area (Å²) in [4.78, 5) is 23.9. The van der Waals surface area contributed by atoms with E-state index in [-0.39, 0.29) is 12.0 Å². The number of nitrogens with zero attached hydrogens (tertiary/aromatic N) is 1. The lowest BCUT2D eigenvalue weighted by Gasteiger charge is -2.31. The van der Waals surface area contributed by atoms with Gasteiger partial charge in [-0.3, -0.25) is 4.79 Å². The zero-order valence-corrected chi connectivity index (χ0v) is 10.9. The molecule has 1 heterocycles. The number of rotatable bonds is 6. The van der Waals surface area contributed by atoms with Crippen LogP contribution in [0, 0.1) is 0 Å². The van der Waals surface area contributed by atoms with Gasteiger partial charge in [0.25, 0.3) is 0 Å². The number of nitrogens with one attached hydrogen (secondary N) is 1. The van der Waals surface area contributed by atoms with Crippen molar-refractivity contribution in [3.63, 3.8) is 0 Å². The minimum absolute atomic E-state index is 0.0730. The van der Waals surface area contributed by atoms with Gasteiger partial charge in [0.05, 0.1) is 6.61 Å². The molecule has 1 saturated heterocycles. The van der Waals surface area contributed by atoms with E-state index in [1.54, 1.807) is 6.92 Å². The second kappa shape index (κ2) is 7.92. The first-order valence-electron chi connectivity index (χ1n) is 6.49. The molecule has 1 amide bonds. The van der Waals surface area contributed by atoms with E-state index in [0.29, 0.717) is 13.0 Å². The number of esters is 1. The van der Waals surface area contributed by atoms with Crippen molar-refractivity contribution in [2.45, 2.75) is 38.6 Å². The van der Waals surface area contributed by atoms with Gasteiger partial charge in [-0.05, 0) is 32.7 Å². The van der Waals surface area contributed by atoms with Gasteiger partial charge in [-0.2, -0.15) is 0 Å². The van der Waals surface area contributed by atoms with Crippen molar-refractivity contribution in [2.75, 3.05) is 26.2 Å². The summed E-state index contributed by atoms with van der Waals surface area (Å²) in [6, 6.07) is 0.0730. The monoisotopic (exact) mass is 258 g/mol. The van der Waals surface area contributed by atoms with Crippen molar-refractivity contribution in [1.82, 2.24) is 10.2 Å². The minimum Gasteiger partial charge on any atom is -0.466 e. The fourth-order valence-electron chi connectivity index (χ4n) is 2.16. The molecule has 0 spiro atoms. The van der Waals surface area contributed by atoms with Crippen LogP contribution < -0.4 is 5.32 Å². The molecule has 18 heavy (non-hydrogen) atoms. The Hall–Kier alpha value is -1.30. The molecule has 0 aromatic rings. The highest BCUT2D eigenvalue weighted by Crippen LogP contribution is 2.11. The maximum atomic E-state index is 11.1. The molecule has 0 bridgehead atoms. The molecular weight excluding hydrogens is 236 g/mol. The van der Waals surface area contributed by atoms with Gasteiger partial charge in [-0.15, -0.1) is 0 Å². The Labute approximate surface area is 107 Å². The molecule has 1 aliphatic heterocycles. The first kappa shape index (κ1) is 14.8. The first-order valence-corrected chi connectivity index (χ1v) is 6.49. The molecule has 6 heteroatoms. The van der Waals surface area contributed by atoms with Gasteiger partial charge in [0.2, 0.25) is 0 Å². The lowest BCUT2D eigenvalue weighted by atomic mass is 10.1. The molecule has 1 aliphatic rings. The van der Waals surface area contributed by atoms with Gasteiger partial charge < -0.3 is 20.1 Å². The van der Waals surface area contributed by atoms with E-state index in [4.69, 9.17) is 9.84 Å². The van der Waals surface area contributed by atoms with E-state index < -0.39 is 6.09 Å². The van der Waals surface area contributed by atoms with Gasteiger partial charge in [0.15, 0.2) is 0 Å². The quantitative estimate of drug-likeness (QED) is 0.696. The molecule has 104 valence electrons. The Kier molecular flexibility index (Phi) is 6.49. The smallest absolute Gasteiger partial charge is 0.404 e. The lowest BCUT2D eigenvalue weighted by Crippen LogP contribution is -2.44. The third kappa shape index (κ3) is 5.86. The van der Waals surface area contributed by atoms with Crippen molar-refractivity contribution >= 4 is 12.1 Å². The summed E-state index contributed by atoms with van der Waals surface area (Å²) in [5, 5.41) is 11.1. The molecule has 0 aromatic heterocycles. The molecule has 0 atom stereocenters. The SMILES string of the molecule is CCOC(=O)CCCN1CCC(NC(=O)O)CC1. The number of carboxylic acid groups (broad SMARTS) is 1. The summed E-state index contributed by atoms with van der Waals surface area (Å²) in [6.07, 6.45) is 1.99. The molecule has 6 nitrogen and oxygen atoms in total. The van der Waals surface area contributed by atoms with Crippen molar-refractivity contribution in [3.8, 4) is 0 Å². The fraction of sp³-hybridized carbons (Fsp3) is 0.833. The van der Waals surface area contributed by atoms with Crippen LogP contribution >= 0.6 is 0 Å². The minimum atomic E-state index is -0.948. The van der Waals surface area contributed by atoms with E-state index in [0.717, 1.165) is 38.9 Å². The largest absolute Gasteiger partial charge is 0.466 e. The third-order valence-electron chi connectivity index (χ3n) is 3.08. The van der Waals surface area contributed by atoms with E-state index in [2.05, 4.69) is 10.2 Å². The molecule has 0 aliphatic carbocycles. The van der Waals surface area contributed by atoms with Gasteiger partial charge in [-0.1, -0.05) is 0 Å². The Balaban J connectivity index is 2.08. The van der Waals surface area contributed by atoms with Crippen LogP contribution in [0.4, 0.5) is 4.79 Å². The lowest BCUT2D eigenvalue weighted by molar-refractivity contribution is -0.143. The van der Waals surface area contributed by atoms with Crippen LogP contribution in [-0.2, 0) is 9.53 Å². The summed E-state index contributed by atoms with van der Waals surface area (Å²) in [5.74, 6) is -0.139. The van der Waals surface area contributed by atoms with Gasteiger partial charge in [0.1, 0.15) is 0 Å². The summed E-state index contributed by atoms with van der Waals surface area (Å²) in [6.45, 7) is 4.88. The molecule has 2 N–H and O–H groups in total. The van der Waals surface area contributed by atoms with Gasteiger partial charge >= 0.3 is 12.1 Å². The van der Waals surface area contributed by atoms with Crippen molar-refractivity contribution < 1.29 is 19.4 Å². The average molecular weight is 258 g/mol. The van der Waals surface area contributed by atoms with Crippen molar-refractivity contribution in [1.29, 1.82) is 0 Å². The summed E-state index contributed by atoms with van der Waals surface area (Å²) in [7, 11) is 0. The van der Waals surface area contributed by atoms with Crippen molar-refractivity contribution in [2.24, 2.45) is 0 Å². The zero-order valence-electron chi connectivity index (χ0n) is 10.9. The van der Waals surface area contributed by atoms with Crippen LogP contribution in [0.1, 0.15) is 32.6 Å². The number of hydrogen-bond acceptors (Lipinski definition) is 4. The van der Waals surface area contributed by atoms with E-state index in [1.165, 1.54) is 0 Å². The van der Waals surface area contributed by atoms with E-state index in [1.807, 2.05) is 0 Å². The number of piperidine rings is 1. The predicted octanol–water partition coefficient (Wildman–Crippen LogP) is 1.06. The number of carbonyl (C=O) groups excluding carboxylic acids is 1. The number of hydrogen-bond donors (Lipinski definition) is 2. The predicted molar refractivity (Wildman–Crippen MR) is 66.5 cm³/mol. The summed E-state index contributed by atoms with van der Waals surface area (Å²) < 4.78 is 4.86. The second-order valence-electron chi connectivity index (χ2n) is 4.47. The van der Waals surface area contributed by atoms with E-state index in [9.17, 15) is 9.59 Å². The highest BCUT2D eigenvalue weighted by molar-refractivity contribution is 5.69. The first-order chi connectivity index (χ1) is 8.61. The fourth-order valence-corrected chi connectivity index (χ4v) is 2.16. The van der Waals surface area contributed by atoms with E-state index >= 15 is 0 Å². The van der Waals surface area contributed by atoms with Crippen LogP contribution in [0.2, 0.25) is 0 Å². The molecule has 0 saturated carbocycles. The highest BCUT2D eigenvalue weighted by atomic mass is 16.5. The number of ether oxygens (including phenoxy) is 1. The van der Waals surface area contributed by atoms with Crippen LogP contribution in [-0.4, -0.2) is 54.4 Å². The molecule has 1 fully saturated rings. The number of likely N-dealkylation sites (tertiary alicyclic amines) is 1. The number of carbonyl (C=O) groups is 2. The molecule has 0 unspecified atom stereocenters. The van der Waals surface area contributed by atoms with Gasteiger partial charge in [-0.25, -0.2) is 4.79 Å². The zero-order chi connectivity index (χ0) is 13.4. The van der Waals surface area contributed by atoms with Crippen LogP contribution in [0.5, 0.6) is 0 Å². The Morgan fingerprint density at radius 3 is 2.61 bits per heavy atom.